The first-order valence-corrected chi connectivity index (χ1v) is 6.76. The largest absolute Gasteiger partial charge is 0.369 e. The van der Waals surface area contributed by atoms with Crippen molar-refractivity contribution < 1.29 is 4.79 Å². The van der Waals surface area contributed by atoms with E-state index in [0.717, 1.165) is 19.4 Å². The van der Waals surface area contributed by atoms with Gasteiger partial charge in [-0.2, -0.15) is 0 Å². The maximum absolute atomic E-state index is 11.9. The molecule has 0 aliphatic rings. The molecule has 106 valence electrons. The molecule has 5 nitrogen and oxygen atoms in total. The third-order valence-corrected chi connectivity index (χ3v) is 2.58. The molecule has 0 unspecified atom stereocenters. The summed E-state index contributed by atoms with van der Waals surface area (Å²) in [7, 11) is 0. The molecule has 1 amide bonds. The molecular formula is C14H24N4O. The maximum Gasteiger partial charge on any atom is 0.271 e. The summed E-state index contributed by atoms with van der Waals surface area (Å²) in [6.07, 6.45) is 5.05. The third-order valence-electron chi connectivity index (χ3n) is 2.58. The molecule has 1 rings (SSSR count). The van der Waals surface area contributed by atoms with Crippen molar-refractivity contribution in [2.45, 2.75) is 40.5 Å². The fourth-order valence-corrected chi connectivity index (χ4v) is 1.46. The maximum atomic E-state index is 11.9. The van der Waals surface area contributed by atoms with Crippen molar-refractivity contribution >= 4 is 11.7 Å². The van der Waals surface area contributed by atoms with Crippen molar-refractivity contribution in [2.24, 2.45) is 5.41 Å². The smallest absolute Gasteiger partial charge is 0.271 e. The second-order valence-corrected chi connectivity index (χ2v) is 5.78. The number of hydrogen-bond acceptors (Lipinski definition) is 4. The van der Waals surface area contributed by atoms with Crippen LogP contribution in [-0.2, 0) is 0 Å². The molecular weight excluding hydrogens is 240 g/mol. The zero-order valence-electron chi connectivity index (χ0n) is 12.3. The highest BCUT2D eigenvalue weighted by Gasteiger charge is 2.12. The van der Waals surface area contributed by atoms with Crippen molar-refractivity contribution in [3.05, 3.63) is 18.1 Å². The molecule has 0 fully saturated rings. The van der Waals surface area contributed by atoms with Gasteiger partial charge in [-0.1, -0.05) is 27.7 Å². The predicted molar refractivity (Wildman–Crippen MR) is 77.2 cm³/mol. The molecule has 0 aromatic carbocycles. The molecule has 0 radical (unpaired) electrons. The number of rotatable bonds is 6. The molecule has 1 aromatic heterocycles. The topological polar surface area (TPSA) is 66.9 Å². The van der Waals surface area contributed by atoms with Gasteiger partial charge in [-0.15, -0.1) is 0 Å². The van der Waals surface area contributed by atoms with E-state index in [1.54, 1.807) is 6.20 Å². The number of nitrogens with one attached hydrogen (secondary N) is 2. The van der Waals surface area contributed by atoms with Gasteiger partial charge in [0.2, 0.25) is 0 Å². The van der Waals surface area contributed by atoms with Crippen molar-refractivity contribution in [3.63, 3.8) is 0 Å². The highest BCUT2D eigenvalue weighted by atomic mass is 16.1. The second kappa shape index (κ2) is 7.07. The lowest BCUT2D eigenvalue weighted by Crippen LogP contribution is -2.28. The summed E-state index contributed by atoms with van der Waals surface area (Å²) in [5.74, 6) is 0.474. The Morgan fingerprint density at radius 3 is 2.63 bits per heavy atom. The molecule has 0 spiro atoms. The lowest BCUT2D eigenvalue weighted by Gasteiger charge is -2.17. The number of carbonyl (C=O) groups is 1. The van der Waals surface area contributed by atoms with Crippen LogP contribution in [0.1, 0.15) is 51.0 Å². The summed E-state index contributed by atoms with van der Waals surface area (Å²) in [6, 6.07) is 0. The SMILES string of the molecule is CCCNc1cncc(C(=O)NCCC(C)(C)C)n1. The van der Waals surface area contributed by atoms with Gasteiger partial charge in [0.05, 0.1) is 12.4 Å². The van der Waals surface area contributed by atoms with Crippen molar-refractivity contribution in [1.29, 1.82) is 0 Å². The highest BCUT2D eigenvalue weighted by molar-refractivity contribution is 5.92. The minimum absolute atomic E-state index is 0.170. The second-order valence-electron chi connectivity index (χ2n) is 5.78. The van der Waals surface area contributed by atoms with Crippen LogP contribution < -0.4 is 10.6 Å². The predicted octanol–water partition coefficient (Wildman–Crippen LogP) is 2.46. The van der Waals surface area contributed by atoms with Crippen LogP contribution in [0.25, 0.3) is 0 Å². The van der Waals surface area contributed by atoms with Gasteiger partial charge in [0.15, 0.2) is 0 Å². The van der Waals surface area contributed by atoms with Crippen molar-refractivity contribution in [2.75, 3.05) is 18.4 Å². The number of nitrogens with zero attached hydrogens (tertiary/aromatic N) is 2. The Labute approximate surface area is 115 Å². The minimum Gasteiger partial charge on any atom is -0.369 e. The van der Waals surface area contributed by atoms with Gasteiger partial charge in [0.25, 0.3) is 5.91 Å². The highest BCUT2D eigenvalue weighted by Crippen LogP contribution is 2.17. The van der Waals surface area contributed by atoms with E-state index >= 15 is 0 Å². The third kappa shape index (κ3) is 6.18. The standard InChI is InChI=1S/C14H24N4O/c1-5-7-16-12-10-15-9-11(18-12)13(19)17-8-6-14(2,3)4/h9-10H,5-8H2,1-4H3,(H,16,18)(H,17,19). The summed E-state index contributed by atoms with van der Waals surface area (Å²) >= 11 is 0. The van der Waals surface area contributed by atoms with Gasteiger partial charge < -0.3 is 10.6 Å². The number of anilines is 1. The molecule has 0 bridgehead atoms. The molecule has 1 heterocycles. The Bertz CT molecular complexity index is 412. The molecule has 2 N–H and O–H groups in total. The lowest BCUT2D eigenvalue weighted by molar-refractivity contribution is 0.0944. The fraction of sp³-hybridized carbons (Fsp3) is 0.643. The van der Waals surface area contributed by atoms with E-state index in [-0.39, 0.29) is 11.3 Å². The van der Waals surface area contributed by atoms with E-state index in [9.17, 15) is 4.79 Å². The van der Waals surface area contributed by atoms with Crippen LogP contribution in [0.4, 0.5) is 5.82 Å². The molecule has 1 aromatic rings. The average Bonchev–Trinajstić information content (AvgIpc) is 2.35. The average molecular weight is 264 g/mol. The van der Waals surface area contributed by atoms with Crippen LogP contribution in [0.5, 0.6) is 0 Å². The molecule has 19 heavy (non-hydrogen) atoms. The van der Waals surface area contributed by atoms with Gasteiger partial charge >= 0.3 is 0 Å². The zero-order chi connectivity index (χ0) is 14.3. The minimum atomic E-state index is -0.170. The van der Waals surface area contributed by atoms with Gasteiger partial charge in [0.1, 0.15) is 11.5 Å². The van der Waals surface area contributed by atoms with Crippen LogP contribution in [0.3, 0.4) is 0 Å². The van der Waals surface area contributed by atoms with Crippen LogP contribution in [0.15, 0.2) is 12.4 Å². The number of hydrogen-bond donors (Lipinski definition) is 2. The Morgan fingerprint density at radius 2 is 2.00 bits per heavy atom. The van der Waals surface area contributed by atoms with Crippen molar-refractivity contribution in [3.8, 4) is 0 Å². The van der Waals surface area contributed by atoms with Gasteiger partial charge in [-0.05, 0) is 18.3 Å². The summed E-state index contributed by atoms with van der Waals surface area (Å²) in [5, 5.41) is 5.99. The van der Waals surface area contributed by atoms with Crippen molar-refractivity contribution in [1.82, 2.24) is 15.3 Å². The van der Waals surface area contributed by atoms with E-state index in [2.05, 4.69) is 48.3 Å². The lowest BCUT2D eigenvalue weighted by atomic mass is 9.92. The fourth-order valence-electron chi connectivity index (χ4n) is 1.46. The number of amides is 1. The summed E-state index contributed by atoms with van der Waals surface area (Å²) in [4.78, 5) is 20.2. The van der Waals surface area contributed by atoms with Crippen LogP contribution in [0.2, 0.25) is 0 Å². The Kier molecular flexibility index (Phi) is 5.73. The van der Waals surface area contributed by atoms with Gasteiger partial charge in [-0.3, -0.25) is 9.78 Å². The first kappa shape index (κ1) is 15.4. The first-order valence-electron chi connectivity index (χ1n) is 6.76. The van der Waals surface area contributed by atoms with E-state index < -0.39 is 0 Å². The Balaban J connectivity index is 2.52. The van der Waals surface area contributed by atoms with Crippen LogP contribution in [0, 0.1) is 5.41 Å². The summed E-state index contributed by atoms with van der Waals surface area (Å²) in [6.45, 7) is 9.99. The van der Waals surface area contributed by atoms with Gasteiger partial charge in [0, 0.05) is 13.1 Å². The normalized spacial score (nSPS) is 11.2. The molecule has 0 atom stereocenters. The van der Waals surface area contributed by atoms with Crippen LogP contribution >= 0.6 is 0 Å². The van der Waals surface area contributed by atoms with E-state index in [4.69, 9.17) is 0 Å². The van der Waals surface area contributed by atoms with Gasteiger partial charge in [-0.25, -0.2) is 4.98 Å². The quantitative estimate of drug-likeness (QED) is 0.828. The molecule has 0 saturated heterocycles. The Hall–Kier alpha value is -1.65. The monoisotopic (exact) mass is 264 g/mol. The molecule has 5 heteroatoms. The number of carbonyl (C=O) groups excluding carboxylic acids is 1. The van der Waals surface area contributed by atoms with E-state index in [1.165, 1.54) is 6.20 Å². The van der Waals surface area contributed by atoms with Crippen LogP contribution in [-0.4, -0.2) is 29.0 Å². The zero-order valence-corrected chi connectivity index (χ0v) is 12.3. The summed E-state index contributed by atoms with van der Waals surface area (Å²) < 4.78 is 0. The first-order chi connectivity index (χ1) is 8.92. The summed E-state index contributed by atoms with van der Waals surface area (Å²) in [5.41, 5.74) is 0.568. The van der Waals surface area contributed by atoms with E-state index in [1.807, 2.05) is 0 Å². The Morgan fingerprint density at radius 1 is 1.26 bits per heavy atom. The molecule has 0 saturated carbocycles. The molecule has 0 aliphatic heterocycles. The number of aromatic nitrogens is 2. The molecule has 0 aliphatic carbocycles. The van der Waals surface area contributed by atoms with E-state index in [0.29, 0.717) is 18.1 Å².